The second-order valence-electron chi connectivity index (χ2n) is 8.90. The molecule has 0 saturated carbocycles. The number of para-hydroxylation sites is 1. The number of fused-ring (bicyclic) bond motifs is 1. The second-order valence-corrected chi connectivity index (χ2v) is 8.90. The Morgan fingerprint density at radius 1 is 1.16 bits per heavy atom. The van der Waals surface area contributed by atoms with Gasteiger partial charge in [0.15, 0.2) is 5.78 Å². The van der Waals surface area contributed by atoms with E-state index in [0.717, 1.165) is 54.7 Å². The number of carbonyl (C=O) groups excluding carboxylic acids is 2. The maximum atomic E-state index is 13.2. The van der Waals surface area contributed by atoms with E-state index in [2.05, 4.69) is 11.0 Å². The molecule has 168 valence electrons. The van der Waals surface area contributed by atoms with Crippen LogP contribution in [0.5, 0.6) is 5.75 Å². The van der Waals surface area contributed by atoms with Crippen LogP contribution in [0.25, 0.3) is 10.9 Å². The third-order valence-corrected chi connectivity index (χ3v) is 5.96. The van der Waals surface area contributed by atoms with Gasteiger partial charge in [0.2, 0.25) is 5.91 Å². The fourth-order valence-electron chi connectivity index (χ4n) is 4.63. The van der Waals surface area contributed by atoms with Crippen molar-refractivity contribution < 1.29 is 14.3 Å². The Hall–Kier alpha value is -3.12. The molecule has 1 amide bonds. The standard InChI is InChI=1S/C26H31N3O3/c1-18(2)32-22-9-5-7-19(13-22)26(31)20-8-6-12-28(14-20)15-21-16-29(17-25(27)30)24-11-4-3-10-23(21)24/h3-5,7,9-11,13,16,18,20H,6,8,12,14-15,17H2,1-2H3,(H2,27,30)/t20-/m1/s1. The summed E-state index contributed by atoms with van der Waals surface area (Å²) in [5.41, 5.74) is 8.31. The summed E-state index contributed by atoms with van der Waals surface area (Å²) in [6, 6.07) is 15.6. The highest BCUT2D eigenvalue weighted by atomic mass is 16.5. The van der Waals surface area contributed by atoms with E-state index >= 15 is 0 Å². The van der Waals surface area contributed by atoms with Crippen LogP contribution in [-0.2, 0) is 17.9 Å². The Morgan fingerprint density at radius 2 is 1.97 bits per heavy atom. The van der Waals surface area contributed by atoms with Gasteiger partial charge in [0, 0.05) is 41.7 Å². The fourth-order valence-corrected chi connectivity index (χ4v) is 4.63. The van der Waals surface area contributed by atoms with Crippen molar-refractivity contribution in [2.75, 3.05) is 13.1 Å². The fraction of sp³-hybridized carbons (Fsp3) is 0.385. The zero-order chi connectivity index (χ0) is 22.7. The molecule has 2 N–H and O–H groups in total. The number of Topliss-reactive ketones (excluding diaryl/α,β-unsaturated/α-hetero) is 1. The maximum Gasteiger partial charge on any atom is 0.237 e. The van der Waals surface area contributed by atoms with E-state index in [4.69, 9.17) is 10.5 Å². The lowest BCUT2D eigenvalue weighted by atomic mass is 9.89. The highest BCUT2D eigenvalue weighted by molar-refractivity contribution is 5.98. The molecule has 3 aromatic rings. The molecule has 1 fully saturated rings. The first-order valence-electron chi connectivity index (χ1n) is 11.3. The van der Waals surface area contributed by atoms with Gasteiger partial charge in [-0.05, 0) is 57.0 Å². The average molecular weight is 434 g/mol. The second kappa shape index (κ2) is 9.57. The summed E-state index contributed by atoms with van der Waals surface area (Å²) in [6.07, 6.45) is 3.97. The third kappa shape index (κ3) is 5.02. The summed E-state index contributed by atoms with van der Waals surface area (Å²) in [5.74, 6) is 0.530. The zero-order valence-electron chi connectivity index (χ0n) is 18.8. The lowest BCUT2D eigenvalue weighted by molar-refractivity contribution is -0.118. The molecule has 0 radical (unpaired) electrons. The van der Waals surface area contributed by atoms with Crippen LogP contribution < -0.4 is 10.5 Å². The molecule has 1 aromatic heterocycles. The van der Waals surface area contributed by atoms with E-state index in [1.165, 1.54) is 0 Å². The molecule has 1 aliphatic heterocycles. The number of rotatable bonds is 8. The van der Waals surface area contributed by atoms with Crippen LogP contribution in [0, 0.1) is 5.92 Å². The number of likely N-dealkylation sites (tertiary alicyclic amines) is 1. The summed E-state index contributed by atoms with van der Waals surface area (Å²) >= 11 is 0. The number of nitrogens with two attached hydrogens (primary N) is 1. The Bertz CT molecular complexity index is 1120. The van der Waals surface area contributed by atoms with Crippen LogP contribution in [0.15, 0.2) is 54.7 Å². The van der Waals surface area contributed by atoms with E-state index in [1.807, 2.05) is 67.1 Å². The van der Waals surface area contributed by atoms with Gasteiger partial charge in [-0.25, -0.2) is 0 Å². The Labute approximate surface area is 188 Å². The SMILES string of the molecule is CC(C)Oc1cccc(C(=O)[C@@H]2CCCN(Cc3cn(CC(N)=O)c4ccccc34)C2)c1. The number of nitrogens with zero attached hydrogens (tertiary/aromatic N) is 2. The van der Waals surface area contributed by atoms with Crippen LogP contribution in [0.4, 0.5) is 0 Å². The number of ether oxygens (including phenoxy) is 1. The molecule has 0 unspecified atom stereocenters. The molecule has 2 heterocycles. The normalized spacial score (nSPS) is 17.0. The molecule has 32 heavy (non-hydrogen) atoms. The predicted molar refractivity (Wildman–Crippen MR) is 126 cm³/mol. The summed E-state index contributed by atoms with van der Waals surface area (Å²) in [7, 11) is 0. The van der Waals surface area contributed by atoms with Crippen molar-refractivity contribution in [3.8, 4) is 5.75 Å². The van der Waals surface area contributed by atoms with Crippen molar-refractivity contribution in [1.82, 2.24) is 9.47 Å². The zero-order valence-corrected chi connectivity index (χ0v) is 18.8. The van der Waals surface area contributed by atoms with Crippen LogP contribution in [0.1, 0.15) is 42.6 Å². The van der Waals surface area contributed by atoms with Gasteiger partial charge in [-0.2, -0.15) is 0 Å². The molecule has 0 bridgehead atoms. The molecule has 6 heteroatoms. The van der Waals surface area contributed by atoms with E-state index < -0.39 is 0 Å². The first-order chi connectivity index (χ1) is 15.4. The predicted octanol–water partition coefficient (Wildman–Crippen LogP) is 4.01. The molecule has 2 aromatic carbocycles. The smallest absolute Gasteiger partial charge is 0.237 e. The average Bonchev–Trinajstić information content (AvgIpc) is 3.10. The van der Waals surface area contributed by atoms with Gasteiger partial charge >= 0.3 is 0 Å². The number of amides is 1. The van der Waals surface area contributed by atoms with Crippen LogP contribution in [0.2, 0.25) is 0 Å². The van der Waals surface area contributed by atoms with Crippen molar-refractivity contribution in [3.63, 3.8) is 0 Å². The van der Waals surface area contributed by atoms with Crippen molar-refractivity contribution in [2.45, 2.75) is 45.9 Å². The van der Waals surface area contributed by atoms with E-state index in [9.17, 15) is 9.59 Å². The van der Waals surface area contributed by atoms with Crippen molar-refractivity contribution >= 4 is 22.6 Å². The molecule has 0 spiro atoms. The highest BCUT2D eigenvalue weighted by Gasteiger charge is 2.27. The molecule has 1 saturated heterocycles. The number of ketones is 1. The highest BCUT2D eigenvalue weighted by Crippen LogP contribution is 2.27. The number of hydrogen-bond donors (Lipinski definition) is 1. The van der Waals surface area contributed by atoms with Crippen LogP contribution >= 0.6 is 0 Å². The topological polar surface area (TPSA) is 77.6 Å². The molecule has 1 aliphatic rings. The van der Waals surface area contributed by atoms with E-state index in [1.54, 1.807) is 0 Å². The van der Waals surface area contributed by atoms with Gasteiger partial charge in [0.1, 0.15) is 12.3 Å². The summed E-state index contributed by atoms with van der Waals surface area (Å²) in [4.78, 5) is 27.1. The minimum absolute atomic E-state index is 0.0305. The third-order valence-electron chi connectivity index (χ3n) is 5.96. The van der Waals surface area contributed by atoms with Crippen LogP contribution in [0.3, 0.4) is 0 Å². The molecule has 4 rings (SSSR count). The van der Waals surface area contributed by atoms with E-state index in [-0.39, 0.29) is 30.3 Å². The summed E-state index contributed by atoms with van der Waals surface area (Å²) in [6.45, 7) is 6.55. The Morgan fingerprint density at radius 3 is 2.75 bits per heavy atom. The maximum absolute atomic E-state index is 13.2. The first kappa shape index (κ1) is 22.1. The number of hydrogen-bond acceptors (Lipinski definition) is 4. The summed E-state index contributed by atoms with van der Waals surface area (Å²) < 4.78 is 7.68. The monoisotopic (exact) mass is 433 g/mol. The number of aromatic nitrogens is 1. The number of primary amides is 1. The number of carbonyl (C=O) groups is 2. The Balaban J connectivity index is 1.49. The minimum atomic E-state index is -0.357. The molecule has 1 atom stereocenters. The van der Waals surface area contributed by atoms with Gasteiger partial charge < -0.3 is 15.0 Å². The molecule has 0 aliphatic carbocycles. The molecule has 6 nitrogen and oxygen atoms in total. The molecular weight excluding hydrogens is 402 g/mol. The van der Waals surface area contributed by atoms with Crippen LogP contribution in [-0.4, -0.2) is 40.4 Å². The van der Waals surface area contributed by atoms with Gasteiger partial charge in [-0.3, -0.25) is 14.5 Å². The van der Waals surface area contributed by atoms with Gasteiger partial charge in [0.05, 0.1) is 6.10 Å². The lowest BCUT2D eigenvalue weighted by Gasteiger charge is -2.32. The molecular formula is C26H31N3O3. The first-order valence-corrected chi connectivity index (χ1v) is 11.3. The number of benzene rings is 2. The van der Waals surface area contributed by atoms with Gasteiger partial charge in [0.25, 0.3) is 0 Å². The van der Waals surface area contributed by atoms with E-state index in [0.29, 0.717) is 5.56 Å². The van der Waals surface area contributed by atoms with Crippen molar-refractivity contribution in [3.05, 3.63) is 65.9 Å². The largest absolute Gasteiger partial charge is 0.491 e. The van der Waals surface area contributed by atoms with Gasteiger partial charge in [-0.1, -0.05) is 30.3 Å². The summed E-state index contributed by atoms with van der Waals surface area (Å²) in [5, 5.41) is 1.13. The van der Waals surface area contributed by atoms with Gasteiger partial charge in [-0.15, -0.1) is 0 Å². The van der Waals surface area contributed by atoms with Crippen molar-refractivity contribution in [2.24, 2.45) is 11.7 Å². The van der Waals surface area contributed by atoms with Crippen molar-refractivity contribution in [1.29, 1.82) is 0 Å². The quantitative estimate of drug-likeness (QED) is 0.545. The number of piperidine rings is 1. The lowest BCUT2D eigenvalue weighted by Crippen LogP contribution is -2.38. The Kier molecular flexibility index (Phi) is 6.61. The minimum Gasteiger partial charge on any atom is -0.491 e.